The number of aliphatic carboxylic acids is 1. The summed E-state index contributed by atoms with van der Waals surface area (Å²) in [5.41, 5.74) is 0. The Morgan fingerprint density at radius 1 is 1.45 bits per heavy atom. The number of carboxylic acids is 1. The Balaban J connectivity index is 2.06. The molecule has 0 atom stereocenters. The number of carboxylic acid groups (broad SMARTS) is 1. The first-order chi connectivity index (χ1) is 9.67. The van der Waals surface area contributed by atoms with Gasteiger partial charge in [0.15, 0.2) is 5.82 Å². The van der Waals surface area contributed by atoms with Crippen molar-refractivity contribution < 1.29 is 14.6 Å². The van der Waals surface area contributed by atoms with Gasteiger partial charge in [-0.15, -0.1) is 16.4 Å². The van der Waals surface area contributed by atoms with Gasteiger partial charge < -0.3 is 9.84 Å². The normalized spacial score (nSPS) is 10.8. The minimum atomic E-state index is -0.985. The summed E-state index contributed by atoms with van der Waals surface area (Å²) in [5.74, 6) is 0.241. The molecule has 0 spiro atoms. The minimum Gasteiger partial charge on any atom is -0.497 e. The maximum Gasteiger partial charge on any atom is 0.325 e. The molecule has 8 heteroatoms. The van der Waals surface area contributed by atoms with Crippen LogP contribution in [0.4, 0.5) is 0 Å². The molecule has 7 nitrogen and oxygen atoms in total. The van der Waals surface area contributed by atoms with Gasteiger partial charge in [0.05, 0.1) is 12.0 Å². The first kappa shape index (κ1) is 12.5. The topological polar surface area (TPSA) is 90.1 Å². The van der Waals surface area contributed by atoms with Crippen LogP contribution in [0.3, 0.4) is 0 Å². The Kier molecular flexibility index (Phi) is 3.07. The van der Waals surface area contributed by atoms with Gasteiger partial charge in [0.1, 0.15) is 12.3 Å². The Hall–Kier alpha value is -2.48. The molecule has 0 amide bonds. The monoisotopic (exact) mass is 290 g/mol. The Labute approximate surface area is 117 Å². The summed E-state index contributed by atoms with van der Waals surface area (Å²) in [4.78, 5) is 11.6. The van der Waals surface area contributed by atoms with E-state index >= 15 is 0 Å². The maximum atomic E-state index is 10.8. The van der Waals surface area contributed by atoms with Crippen molar-refractivity contribution in [3.8, 4) is 16.5 Å². The van der Waals surface area contributed by atoms with Crippen LogP contribution in [0.2, 0.25) is 0 Å². The van der Waals surface area contributed by atoms with Crippen molar-refractivity contribution in [3.05, 3.63) is 24.3 Å². The highest BCUT2D eigenvalue weighted by molar-refractivity contribution is 7.22. The smallest absolute Gasteiger partial charge is 0.325 e. The van der Waals surface area contributed by atoms with Crippen molar-refractivity contribution in [2.75, 3.05) is 7.11 Å². The van der Waals surface area contributed by atoms with E-state index in [2.05, 4.69) is 15.5 Å². The molecule has 0 saturated carbocycles. The number of hydrogen-bond acceptors (Lipinski definition) is 6. The van der Waals surface area contributed by atoms with Crippen LogP contribution in [0.5, 0.6) is 5.75 Å². The largest absolute Gasteiger partial charge is 0.497 e. The summed E-state index contributed by atoms with van der Waals surface area (Å²) in [5, 5.41) is 21.0. The summed E-state index contributed by atoms with van der Waals surface area (Å²) in [6.07, 6.45) is 0. The van der Waals surface area contributed by atoms with E-state index in [-0.39, 0.29) is 6.54 Å². The lowest BCUT2D eigenvalue weighted by atomic mass is 10.2. The molecule has 102 valence electrons. The fourth-order valence-corrected chi connectivity index (χ4v) is 2.94. The molecule has 20 heavy (non-hydrogen) atoms. The summed E-state index contributed by atoms with van der Waals surface area (Å²) >= 11 is 1.49. The second-order valence-electron chi connectivity index (χ2n) is 4.07. The first-order valence-corrected chi connectivity index (χ1v) is 6.55. The van der Waals surface area contributed by atoms with Gasteiger partial charge in [-0.05, 0) is 40.1 Å². The van der Waals surface area contributed by atoms with Crippen LogP contribution in [0, 0.1) is 0 Å². The zero-order valence-electron chi connectivity index (χ0n) is 10.5. The van der Waals surface area contributed by atoms with E-state index in [1.165, 1.54) is 16.0 Å². The molecule has 0 radical (unpaired) electrons. The second kappa shape index (κ2) is 4.89. The highest BCUT2D eigenvalue weighted by Gasteiger charge is 2.14. The van der Waals surface area contributed by atoms with Crippen molar-refractivity contribution in [2.45, 2.75) is 6.54 Å². The van der Waals surface area contributed by atoms with Crippen molar-refractivity contribution >= 4 is 27.4 Å². The third kappa shape index (κ3) is 2.21. The van der Waals surface area contributed by atoms with E-state index in [9.17, 15) is 4.79 Å². The van der Waals surface area contributed by atoms with Crippen molar-refractivity contribution in [2.24, 2.45) is 0 Å². The van der Waals surface area contributed by atoms with Gasteiger partial charge in [-0.3, -0.25) is 4.79 Å². The lowest BCUT2D eigenvalue weighted by molar-refractivity contribution is -0.137. The van der Waals surface area contributed by atoms with Crippen LogP contribution >= 0.6 is 11.3 Å². The van der Waals surface area contributed by atoms with E-state index in [0.717, 1.165) is 20.7 Å². The van der Waals surface area contributed by atoms with E-state index in [4.69, 9.17) is 9.84 Å². The molecule has 0 unspecified atom stereocenters. The molecular formula is C12H10N4O3S. The lowest BCUT2D eigenvalue weighted by Crippen LogP contribution is -2.11. The molecule has 0 aliphatic rings. The molecule has 2 aromatic heterocycles. The number of fused-ring (bicyclic) bond motifs is 1. The van der Waals surface area contributed by atoms with Gasteiger partial charge in [0, 0.05) is 4.70 Å². The molecule has 0 fully saturated rings. The van der Waals surface area contributed by atoms with Gasteiger partial charge in [0.2, 0.25) is 0 Å². The fraction of sp³-hybridized carbons (Fsp3) is 0.167. The summed E-state index contributed by atoms with van der Waals surface area (Å²) in [7, 11) is 1.61. The average molecular weight is 290 g/mol. The predicted molar refractivity (Wildman–Crippen MR) is 72.8 cm³/mol. The van der Waals surface area contributed by atoms with Crippen LogP contribution < -0.4 is 4.74 Å². The molecule has 2 heterocycles. The third-order valence-electron chi connectivity index (χ3n) is 2.76. The van der Waals surface area contributed by atoms with Crippen molar-refractivity contribution in [1.29, 1.82) is 0 Å². The zero-order valence-corrected chi connectivity index (χ0v) is 11.3. The van der Waals surface area contributed by atoms with Gasteiger partial charge in [-0.1, -0.05) is 0 Å². The molecule has 0 aliphatic carbocycles. The van der Waals surface area contributed by atoms with Crippen molar-refractivity contribution in [1.82, 2.24) is 20.2 Å². The van der Waals surface area contributed by atoms with Gasteiger partial charge in [-0.25, -0.2) is 4.68 Å². The van der Waals surface area contributed by atoms with E-state index in [1.54, 1.807) is 7.11 Å². The number of rotatable bonds is 4. The van der Waals surface area contributed by atoms with E-state index < -0.39 is 5.97 Å². The highest BCUT2D eigenvalue weighted by atomic mass is 32.1. The summed E-state index contributed by atoms with van der Waals surface area (Å²) in [6, 6.07) is 7.68. The average Bonchev–Trinajstić information content (AvgIpc) is 3.02. The third-order valence-corrected chi connectivity index (χ3v) is 3.86. The molecule has 0 bridgehead atoms. The predicted octanol–water partition coefficient (Wildman–Crippen LogP) is 1.65. The van der Waals surface area contributed by atoms with Crippen LogP contribution in [0.15, 0.2) is 24.3 Å². The fourth-order valence-electron chi connectivity index (χ4n) is 1.86. The maximum absolute atomic E-state index is 10.8. The molecule has 3 aromatic rings. The number of hydrogen-bond donors (Lipinski definition) is 1. The zero-order chi connectivity index (χ0) is 14.1. The minimum absolute atomic E-state index is 0.264. The SMILES string of the molecule is COc1ccc2cc(-c3nnnn3CC(=O)O)sc2c1. The van der Waals surface area contributed by atoms with Gasteiger partial charge in [-0.2, -0.15) is 0 Å². The molecule has 1 N–H and O–H groups in total. The van der Waals surface area contributed by atoms with Crippen LogP contribution in [-0.2, 0) is 11.3 Å². The second-order valence-corrected chi connectivity index (χ2v) is 5.15. The summed E-state index contributed by atoms with van der Waals surface area (Å²) in [6.45, 7) is -0.264. The van der Waals surface area contributed by atoms with Gasteiger partial charge >= 0.3 is 5.97 Å². The Morgan fingerprint density at radius 2 is 2.30 bits per heavy atom. The van der Waals surface area contributed by atoms with E-state index in [0.29, 0.717) is 5.82 Å². The highest BCUT2D eigenvalue weighted by Crippen LogP contribution is 2.34. The number of methoxy groups -OCH3 is 1. The first-order valence-electron chi connectivity index (χ1n) is 5.73. The van der Waals surface area contributed by atoms with E-state index in [1.807, 2.05) is 24.3 Å². The molecule has 0 saturated heterocycles. The van der Waals surface area contributed by atoms with Crippen LogP contribution in [0.25, 0.3) is 20.8 Å². The number of tetrazole rings is 1. The Morgan fingerprint density at radius 3 is 3.05 bits per heavy atom. The molecular weight excluding hydrogens is 280 g/mol. The van der Waals surface area contributed by atoms with Gasteiger partial charge in [0.25, 0.3) is 0 Å². The van der Waals surface area contributed by atoms with Crippen molar-refractivity contribution in [3.63, 3.8) is 0 Å². The number of benzene rings is 1. The number of nitrogens with zero attached hydrogens (tertiary/aromatic N) is 4. The standard InChI is InChI=1S/C12H10N4O3S/c1-19-8-3-2-7-4-10(20-9(7)5-8)12-13-14-15-16(12)6-11(17)18/h2-5H,6H2,1H3,(H,17,18). The Bertz CT molecular complexity index is 780. The van der Waals surface area contributed by atoms with Crippen LogP contribution in [0.1, 0.15) is 0 Å². The molecule has 0 aliphatic heterocycles. The number of aromatic nitrogens is 4. The number of ether oxygens (including phenoxy) is 1. The molecule has 3 rings (SSSR count). The van der Waals surface area contributed by atoms with Crippen LogP contribution in [-0.4, -0.2) is 38.4 Å². The number of carbonyl (C=O) groups is 1. The quantitative estimate of drug-likeness (QED) is 0.785. The number of thiophene rings is 1. The molecule has 1 aromatic carbocycles. The summed E-state index contributed by atoms with van der Waals surface area (Å²) < 4.78 is 7.48. The lowest BCUT2D eigenvalue weighted by Gasteiger charge is -1.97.